The highest BCUT2D eigenvalue weighted by molar-refractivity contribution is 6.99. The van der Waals surface area contributed by atoms with Crippen molar-refractivity contribution in [2.45, 2.75) is 179 Å². The number of hydrogen-bond acceptors (Lipinski definition) is 6. The predicted molar refractivity (Wildman–Crippen MR) is 236 cm³/mol. The lowest BCUT2D eigenvalue weighted by Crippen LogP contribution is -2.68. The maximum atomic E-state index is 9.88. The van der Waals surface area contributed by atoms with Gasteiger partial charge in [0.2, 0.25) is 0 Å². The number of hydrogen-bond donors (Lipinski definition) is 0. The van der Waals surface area contributed by atoms with Crippen LogP contribution in [0.15, 0.2) is 77.9 Å². The molecule has 6 atom stereocenters. The van der Waals surface area contributed by atoms with Gasteiger partial charge in [0.05, 0.1) is 36.6 Å². The van der Waals surface area contributed by atoms with Crippen molar-refractivity contribution >= 4 is 35.3 Å². The Hall–Kier alpha value is -2.06. The third-order valence-electron chi connectivity index (χ3n) is 13.0. The predicted octanol–water partition coefficient (Wildman–Crippen LogP) is 11.1. The van der Waals surface area contributed by atoms with E-state index in [4.69, 9.17) is 22.8 Å². The van der Waals surface area contributed by atoms with Gasteiger partial charge in [-0.05, 0) is 89.3 Å². The molecule has 55 heavy (non-hydrogen) atoms. The fourth-order valence-corrected chi connectivity index (χ4v) is 19.2. The Bertz CT molecular complexity index is 1440. The van der Waals surface area contributed by atoms with Crippen LogP contribution in [0.4, 0.5) is 0 Å². The summed E-state index contributed by atoms with van der Waals surface area (Å²) < 4.78 is 35.1. The van der Waals surface area contributed by atoms with Gasteiger partial charge >= 0.3 is 0 Å². The zero-order valence-electron chi connectivity index (χ0n) is 35.7. The van der Waals surface area contributed by atoms with Crippen LogP contribution in [0.5, 0.6) is 0 Å². The molecule has 0 amide bonds. The third kappa shape index (κ3) is 11.5. The number of nitrogens with zero attached hydrogens (tertiary/aromatic N) is 3. The molecule has 0 radical (unpaired) electrons. The maximum Gasteiger partial charge on any atom is 0.261 e. The first-order valence-electron chi connectivity index (χ1n) is 21.4. The van der Waals surface area contributed by atoms with Crippen LogP contribution < -0.4 is 10.4 Å². The third-order valence-corrected chi connectivity index (χ3v) is 27.4. The molecule has 2 aromatic carbocycles. The van der Waals surface area contributed by atoms with E-state index < -0.39 is 31.0 Å². The fourth-order valence-electron chi connectivity index (χ4n) is 9.20. The topological polar surface area (TPSA) is 94.9 Å². The Morgan fingerprint density at radius 3 is 1.80 bits per heavy atom. The van der Waals surface area contributed by atoms with Crippen LogP contribution in [0, 0.1) is 0 Å². The van der Waals surface area contributed by atoms with Crippen LogP contribution in [-0.2, 0) is 22.8 Å². The van der Waals surface area contributed by atoms with Gasteiger partial charge in [0.25, 0.3) is 8.32 Å². The quantitative estimate of drug-likeness (QED) is 0.0411. The first kappa shape index (κ1) is 45.6. The van der Waals surface area contributed by atoms with Gasteiger partial charge in [-0.2, -0.15) is 0 Å². The lowest BCUT2D eigenvalue weighted by Gasteiger charge is -2.48. The summed E-state index contributed by atoms with van der Waals surface area (Å²) in [4.78, 5) is 3.35. The van der Waals surface area contributed by atoms with Gasteiger partial charge < -0.3 is 22.8 Å². The summed E-state index contributed by atoms with van der Waals surface area (Å²) in [5.41, 5.74) is 11.1. The molecule has 0 spiro atoms. The van der Waals surface area contributed by atoms with E-state index in [1.165, 1.54) is 15.9 Å². The number of ether oxygens (including phenoxy) is 2. The van der Waals surface area contributed by atoms with E-state index in [-0.39, 0.29) is 35.6 Å². The summed E-state index contributed by atoms with van der Waals surface area (Å²) in [5, 5.41) is 6.72. The van der Waals surface area contributed by atoms with Crippen LogP contribution in [0.2, 0.25) is 41.3 Å². The molecule has 306 valence electrons. The molecule has 2 fully saturated rings. The molecule has 2 heterocycles. The van der Waals surface area contributed by atoms with Crippen molar-refractivity contribution in [3.05, 3.63) is 83.3 Å². The number of rotatable bonds is 21. The lowest BCUT2D eigenvalue weighted by molar-refractivity contribution is -0.131. The van der Waals surface area contributed by atoms with Crippen molar-refractivity contribution in [1.29, 1.82) is 0 Å². The summed E-state index contributed by atoms with van der Waals surface area (Å²) >= 11 is 0. The van der Waals surface area contributed by atoms with E-state index in [9.17, 15) is 5.53 Å². The van der Waals surface area contributed by atoms with Crippen molar-refractivity contribution in [3.8, 4) is 0 Å². The zero-order chi connectivity index (χ0) is 40.1. The summed E-state index contributed by atoms with van der Waals surface area (Å²) in [7, 11) is -6.47. The van der Waals surface area contributed by atoms with E-state index in [1.807, 2.05) is 0 Å². The summed E-state index contributed by atoms with van der Waals surface area (Å²) in [6, 6.07) is 27.8. The smallest absolute Gasteiger partial charge is 0.261 e. The molecule has 0 unspecified atom stereocenters. The van der Waals surface area contributed by atoms with Gasteiger partial charge in [-0.3, -0.25) is 0 Å². The average molecular weight is 808 g/mol. The van der Waals surface area contributed by atoms with E-state index in [0.717, 1.165) is 75.0 Å². The zero-order valence-corrected chi connectivity index (χ0v) is 38.7. The molecule has 0 bridgehead atoms. The first-order chi connectivity index (χ1) is 26.4. The van der Waals surface area contributed by atoms with E-state index in [1.54, 1.807) is 0 Å². The summed E-state index contributed by atoms with van der Waals surface area (Å²) in [6.07, 6.45) is 4.14. The largest absolute Gasteiger partial charge is 0.417 e. The van der Waals surface area contributed by atoms with Crippen LogP contribution in [0.3, 0.4) is 0 Å². The molecule has 8 nitrogen and oxygen atoms in total. The molecule has 2 aliphatic rings. The second-order valence-corrected chi connectivity index (χ2v) is 31.0. The lowest BCUT2D eigenvalue weighted by atomic mass is 9.90. The van der Waals surface area contributed by atoms with Crippen LogP contribution in [-0.4, -0.2) is 74.7 Å². The Labute approximate surface area is 337 Å². The summed E-state index contributed by atoms with van der Waals surface area (Å²) in [5.74, 6) is 0. The maximum absolute atomic E-state index is 9.88. The van der Waals surface area contributed by atoms with Crippen molar-refractivity contribution in [2.24, 2.45) is 5.11 Å². The molecule has 0 saturated carbocycles. The van der Waals surface area contributed by atoms with Crippen molar-refractivity contribution in [3.63, 3.8) is 0 Å². The highest BCUT2D eigenvalue weighted by Gasteiger charge is 2.53. The molecular formula is C44H73N3O5Si3. The molecule has 0 N–H and O–H groups in total. The van der Waals surface area contributed by atoms with Gasteiger partial charge in [0, 0.05) is 24.5 Å². The minimum atomic E-state index is -2.87. The molecule has 4 rings (SSSR count). The second-order valence-electron chi connectivity index (χ2n) is 17.2. The standard InChI is InChI=1S/C44H73N3O5Si3/c1-11-53(12-2,13-3)48-28-27-36-29-35(7)30-37(50-36)31-38-32-39(33-43(51-38)42(46-47-45)34-49-54(14-4,15-5)16-6)52-55(44(8,9)10,40-23-19-17-20-24-40)41-25-21-18-22-26-41/h17-26,36-39,42-43H,7,11-16,27-34H2,1-6,8-10H3/t36-,37+,38+,39-,42+,43+/m0/s1. The second kappa shape index (κ2) is 21.1. The average Bonchev–Trinajstić information content (AvgIpc) is 3.19. The highest BCUT2D eigenvalue weighted by Crippen LogP contribution is 2.41. The Kier molecular flexibility index (Phi) is 17.5. The van der Waals surface area contributed by atoms with Crippen LogP contribution in [0.1, 0.15) is 101 Å². The molecule has 11 heteroatoms. The van der Waals surface area contributed by atoms with Crippen molar-refractivity contribution in [2.75, 3.05) is 13.2 Å². The molecule has 2 aliphatic heterocycles. The SMILES string of the molecule is C=C1C[C@H](C[C@@H]2C[C@H](O[Si](c3ccccc3)(c3ccccc3)C(C)(C)C)C[C@H]([C@@H](CO[Si](CC)(CC)CC)N=[N+]=[N-])O2)O[C@@H](CCO[Si](CC)(CC)CC)C1. The Balaban J connectivity index is 1.66. The monoisotopic (exact) mass is 807 g/mol. The van der Waals surface area contributed by atoms with E-state index in [0.29, 0.717) is 13.0 Å². The summed E-state index contributed by atoms with van der Waals surface area (Å²) in [6.45, 7) is 26.1. The highest BCUT2D eigenvalue weighted by atomic mass is 28.4. The molecular weight excluding hydrogens is 735 g/mol. The first-order valence-corrected chi connectivity index (χ1v) is 28.4. The molecule has 2 aromatic rings. The van der Waals surface area contributed by atoms with E-state index >= 15 is 0 Å². The Morgan fingerprint density at radius 1 is 0.764 bits per heavy atom. The minimum Gasteiger partial charge on any atom is -0.417 e. The molecule has 0 aliphatic carbocycles. The van der Waals surface area contributed by atoms with Gasteiger partial charge in [0.1, 0.15) is 0 Å². The van der Waals surface area contributed by atoms with Crippen LogP contribution >= 0.6 is 0 Å². The number of benzene rings is 2. The van der Waals surface area contributed by atoms with Crippen molar-refractivity contribution < 1.29 is 22.8 Å². The van der Waals surface area contributed by atoms with Crippen molar-refractivity contribution in [1.82, 2.24) is 0 Å². The van der Waals surface area contributed by atoms with Gasteiger partial charge in [-0.15, -0.1) is 0 Å². The molecule has 0 aromatic heterocycles. The Morgan fingerprint density at radius 2 is 1.29 bits per heavy atom. The van der Waals surface area contributed by atoms with Gasteiger partial charge in [-0.25, -0.2) is 0 Å². The van der Waals surface area contributed by atoms with E-state index in [2.05, 4.69) is 140 Å². The van der Waals surface area contributed by atoms with Gasteiger partial charge in [-0.1, -0.05) is 140 Å². The fraction of sp³-hybridized carbons (Fsp3) is 0.682. The molecule has 2 saturated heterocycles. The normalized spacial score (nSPS) is 23.3. The van der Waals surface area contributed by atoms with Crippen LogP contribution in [0.25, 0.3) is 10.4 Å². The number of azide groups is 1. The van der Waals surface area contributed by atoms with Gasteiger partial charge in [0.15, 0.2) is 16.6 Å². The minimum absolute atomic E-state index is 0.0106.